The predicted octanol–water partition coefficient (Wildman–Crippen LogP) is 14.1. The SMILES string of the molecule is C[Si](C)(C)C(c1cc(C([Si](C)(C)C)[Si](C)(C)C)[c]([Ge]([Br])([Br])[c]2ccccc2-c2ccccc2CBr)c(C([Si](C)(C)C)[Si](C)(C)C)c1)[Si](C)(C)C. The number of halogens is 3. The zero-order valence-electron chi connectivity index (χ0n) is 34.8. The first-order valence-electron chi connectivity index (χ1n) is 18.7. The van der Waals surface area contributed by atoms with Gasteiger partial charge in [-0.3, -0.25) is 0 Å². The van der Waals surface area contributed by atoms with Crippen molar-refractivity contribution >= 4 is 111 Å². The molecular formula is C40H69Br3GeSi6. The third-order valence-corrected chi connectivity index (χ3v) is 52.3. The molecule has 50 heavy (non-hydrogen) atoms. The van der Waals surface area contributed by atoms with Crippen molar-refractivity contribution in [1.29, 1.82) is 0 Å². The van der Waals surface area contributed by atoms with Crippen LogP contribution in [0.1, 0.15) is 37.7 Å². The Balaban J connectivity index is 2.79. The molecule has 0 saturated carbocycles. The van der Waals surface area contributed by atoms with Crippen LogP contribution in [0.2, 0.25) is 118 Å². The van der Waals surface area contributed by atoms with E-state index in [1.54, 1.807) is 21.1 Å². The van der Waals surface area contributed by atoms with Crippen molar-refractivity contribution in [3.8, 4) is 11.1 Å². The van der Waals surface area contributed by atoms with Gasteiger partial charge in [-0.1, -0.05) is 0 Å². The predicted molar refractivity (Wildman–Crippen MR) is 262 cm³/mol. The molecule has 10 heteroatoms. The van der Waals surface area contributed by atoms with Gasteiger partial charge in [-0.25, -0.2) is 0 Å². The molecule has 0 aromatic heterocycles. The van der Waals surface area contributed by atoms with Crippen molar-refractivity contribution in [1.82, 2.24) is 0 Å². The minimum absolute atomic E-state index is 0.652. The summed E-state index contributed by atoms with van der Waals surface area (Å²) in [6.07, 6.45) is 0. The summed E-state index contributed by atoms with van der Waals surface area (Å²) >= 11 is 13.5. The van der Waals surface area contributed by atoms with Crippen LogP contribution >= 0.6 is 43.9 Å². The van der Waals surface area contributed by atoms with Crippen molar-refractivity contribution in [2.24, 2.45) is 0 Å². The van der Waals surface area contributed by atoms with Crippen LogP contribution in [0.5, 0.6) is 0 Å². The summed E-state index contributed by atoms with van der Waals surface area (Å²) in [5.41, 5.74) is 9.29. The molecule has 3 aromatic rings. The van der Waals surface area contributed by atoms with Gasteiger partial charge in [0.25, 0.3) is 0 Å². The summed E-state index contributed by atoms with van der Waals surface area (Å²) in [4.78, 5) is 0. The van der Waals surface area contributed by atoms with Crippen LogP contribution in [0.15, 0.2) is 60.7 Å². The van der Waals surface area contributed by atoms with E-state index in [1.165, 1.54) is 21.1 Å². The van der Waals surface area contributed by atoms with Gasteiger partial charge < -0.3 is 0 Å². The molecule has 0 nitrogen and oxygen atoms in total. The molecule has 0 atom stereocenters. The molecule has 0 saturated heterocycles. The molecule has 0 aliphatic rings. The van der Waals surface area contributed by atoms with E-state index >= 15 is 0 Å². The summed E-state index contributed by atoms with van der Waals surface area (Å²) in [5, 5.41) is 2.86. The fraction of sp³-hybridized carbons (Fsp3) is 0.550. The Morgan fingerprint density at radius 2 is 0.820 bits per heavy atom. The molecule has 3 aromatic carbocycles. The van der Waals surface area contributed by atoms with Crippen LogP contribution in [-0.4, -0.2) is 58.0 Å². The Labute approximate surface area is 340 Å². The second kappa shape index (κ2) is 15.8. The van der Waals surface area contributed by atoms with Crippen molar-refractivity contribution in [2.45, 2.75) is 139 Å². The number of hydrogen-bond donors (Lipinski definition) is 0. The second-order valence-electron chi connectivity index (χ2n) is 21.5. The number of alkyl halides is 1. The van der Waals surface area contributed by atoms with Gasteiger partial charge in [0.2, 0.25) is 0 Å². The number of rotatable bonds is 13. The molecule has 0 amide bonds. The molecule has 0 heterocycles. The van der Waals surface area contributed by atoms with Crippen molar-refractivity contribution < 1.29 is 0 Å². The van der Waals surface area contributed by atoms with Crippen LogP contribution in [-0.2, 0) is 5.33 Å². The fourth-order valence-electron chi connectivity index (χ4n) is 10.5. The summed E-state index contributed by atoms with van der Waals surface area (Å²) in [6, 6.07) is 24.2. The van der Waals surface area contributed by atoms with E-state index in [1.807, 2.05) is 0 Å². The van der Waals surface area contributed by atoms with Crippen molar-refractivity contribution in [3.05, 3.63) is 82.9 Å². The standard InChI is InChI=1S/C40H69Br3GeSi6/c1-45(2,3)38(46(4,5)6)31-27-34(39(47(7,8)9)48(10,11)12)37(35(28-31)40(49(13,14)15)50(16,17)18)44(42,43)36-26-22-21-25-33(36)32-24-20-19-23-30(32)29-41/h19-28,38-40H,29H2,1-18H3. The van der Waals surface area contributed by atoms with Gasteiger partial charge in [-0.15, -0.1) is 0 Å². The van der Waals surface area contributed by atoms with Gasteiger partial charge in [0.05, 0.1) is 0 Å². The maximum atomic E-state index is 4.81. The first kappa shape index (κ1) is 45.3. The molecule has 0 aliphatic carbocycles. The summed E-state index contributed by atoms with van der Waals surface area (Å²) < 4.78 is 3.23. The van der Waals surface area contributed by atoms with E-state index in [4.69, 9.17) is 28.0 Å². The van der Waals surface area contributed by atoms with Gasteiger partial charge in [-0.2, -0.15) is 0 Å². The molecular weight excluding hydrogens is 961 g/mol. The third-order valence-electron chi connectivity index (χ3n) is 10.4. The topological polar surface area (TPSA) is 0 Å². The quantitative estimate of drug-likeness (QED) is 0.118. The van der Waals surface area contributed by atoms with E-state index < -0.39 is 58.0 Å². The van der Waals surface area contributed by atoms with Crippen LogP contribution in [0.25, 0.3) is 11.1 Å². The molecule has 0 N–H and O–H groups in total. The van der Waals surface area contributed by atoms with Crippen molar-refractivity contribution in [3.63, 3.8) is 0 Å². The molecule has 0 aliphatic heterocycles. The van der Waals surface area contributed by atoms with E-state index in [-0.39, 0.29) is 0 Å². The van der Waals surface area contributed by atoms with Crippen LogP contribution in [0.3, 0.4) is 0 Å². The minimum atomic E-state index is -3.42. The Morgan fingerprint density at radius 1 is 0.480 bits per heavy atom. The molecule has 0 bridgehead atoms. The zero-order chi connectivity index (χ0) is 38.6. The first-order valence-corrected chi connectivity index (χ1v) is 53.2. The molecule has 278 valence electrons. The maximum absolute atomic E-state index is 4.81. The first-order chi connectivity index (χ1) is 22.4. The summed E-state index contributed by atoms with van der Waals surface area (Å²) in [5.74, 6) is 0. The third kappa shape index (κ3) is 10.2. The average molecular weight is 1030 g/mol. The van der Waals surface area contributed by atoms with Crippen LogP contribution < -0.4 is 8.79 Å². The van der Waals surface area contributed by atoms with E-state index in [2.05, 4.69) is 194 Å². The molecule has 0 spiro atoms. The Bertz CT molecular complexity index is 1550. The average Bonchev–Trinajstić information content (AvgIpc) is 2.88. The summed E-state index contributed by atoms with van der Waals surface area (Å²) in [7, 11) is -13.2. The molecule has 0 fully saturated rings. The van der Waals surface area contributed by atoms with E-state index in [0.717, 1.165) is 5.33 Å². The van der Waals surface area contributed by atoms with Gasteiger partial charge in [0, 0.05) is 0 Å². The van der Waals surface area contributed by atoms with E-state index in [0.29, 0.717) is 15.5 Å². The van der Waals surface area contributed by atoms with E-state index in [9.17, 15) is 0 Å². The Kier molecular flexibility index (Phi) is 14.4. The van der Waals surface area contributed by atoms with Crippen molar-refractivity contribution in [2.75, 3.05) is 0 Å². The Hall–Kier alpha value is 0.944. The fourth-order valence-corrected chi connectivity index (χ4v) is 63.5. The summed E-state index contributed by atoms with van der Waals surface area (Å²) in [6.45, 7) is 48.0. The number of hydrogen-bond acceptors (Lipinski definition) is 0. The van der Waals surface area contributed by atoms with Crippen LogP contribution in [0.4, 0.5) is 0 Å². The van der Waals surface area contributed by atoms with Gasteiger partial charge in [-0.05, 0) is 0 Å². The Morgan fingerprint density at radius 3 is 1.18 bits per heavy atom. The van der Waals surface area contributed by atoms with Gasteiger partial charge in [0.1, 0.15) is 0 Å². The van der Waals surface area contributed by atoms with Gasteiger partial charge >= 0.3 is 343 Å². The monoisotopic (exact) mass is 1030 g/mol. The molecule has 3 rings (SSSR count). The molecule has 0 unspecified atom stereocenters. The van der Waals surface area contributed by atoms with Crippen LogP contribution in [0, 0.1) is 0 Å². The zero-order valence-corrected chi connectivity index (χ0v) is 47.7. The normalized spacial score (nSPS) is 14.3. The van der Waals surface area contributed by atoms with Gasteiger partial charge in [0.15, 0.2) is 0 Å². The molecule has 0 radical (unpaired) electrons. The second-order valence-corrected chi connectivity index (χ2v) is 78.1. The number of benzene rings is 3.